The molecule has 1 aromatic rings. The predicted molar refractivity (Wildman–Crippen MR) is 102 cm³/mol. The van der Waals surface area contributed by atoms with Gasteiger partial charge < -0.3 is 19.4 Å². The van der Waals surface area contributed by atoms with Gasteiger partial charge in [-0.3, -0.25) is 14.5 Å². The molecule has 0 amide bonds. The highest BCUT2D eigenvalue weighted by Gasteiger charge is 2.49. The van der Waals surface area contributed by atoms with Crippen molar-refractivity contribution in [1.82, 2.24) is 4.90 Å². The first kappa shape index (κ1) is 21.6. The van der Waals surface area contributed by atoms with Crippen LogP contribution in [0.2, 0.25) is 0 Å². The number of likely N-dealkylation sites (tertiary alicyclic amines) is 1. The topological polar surface area (TPSA) is 97.7 Å². The van der Waals surface area contributed by atoms with Gasteiger partial charge in [0, 0.05) is 26.9 Å². The lowest BCUT2D eigenvalue weighted by atomic mass is 10.0. The van der Waals surface area contributed by atoms with Crippen LogP contribution >= 0.6 is 0 Å². The van der Waals surface area contributed by atoms with Crippen LogP contribution in [0.25, 0.3) is 0 Å². The third-order valence-corrected chi connectivity index (χ3v) is 4.36. The van der Waals surface area contributed by atoms with Crippen molar-refractivity contribution in [2.45, 2.75) is 44.8 Å². The molecule has 0 radical (unpaired) electrons. The minimum atomic E-state index is -0.919. The Balaban J connectivity index is 2.27. The normalized spacial score (nSPS) is 23.4. The van der Waals surface area contributed by atoms with E-state index in [2.05, 4.69) is 11.7 Å². The van der Waals surface area contributed by atoms with Crippen molar-refractivity contribution in [1.29, 1.82) is 0 Å². The van der Waals surface area contributed by atoms with Gasteiger partial charge in [-0.05, 0) is 5.56 Å². The molecule has 28 heavy (non-hydrogen) atoms. The van der Waals surface area contributed by atoms with E-state index in [0.29, 0.717) is 19.7 Å². The van der Waals surface area contributed by atoms with Crippen molar-refractivity contribution < 1.29 is 29.0 Å². The fourth-order valence-corrected chi connectivity index (χ4v) is 3.35. The molecule has 0 bridgehead atoms. The molecular formula is C20H26N2O6. The highest BCUT2D eigenvalue weighted by molar-refractivity contribution is 5.73. The zero-order valence-electron chi connectivity index (χ0n) is 16.1. The standard InChI is InChI=1S/C20H26N2O6/c1-4-10-22-12-18(26-13-16-8-6-5-7-9-16)20(28-15(3)24)19(22)17(11-21-25)27-14(2)23/h4-9,11,17-20,25H,1,10,12-13H2,2-3H3/b21-11+/t17-,18+,19+,20+/m0/s1. The number of nitrogens with zero attached hydrogens (tertiary/aromatic N) is 2. The Labute approximate surface area is 164 Å². The molecule has 1 heterocycles. The van der Waals surface area contributed by atoms with E-state index < -0.39 is 36.3 Å². The predicted octanol–water partition coefficient (Wildman–Crippen LogP) is 1.77. The molecule has 0 saturated carbocycles. The molecule has 0 aromatic heterocycles. The lowest BCUT2D eigenvalue weighted by Crippen LogP contribution is -2.49. The van der Waals surface area contributed by atoms with Gasteiger partial charge in [-0.1, -0.05) is 41.6 Å². The average Bonchev–Trinajstić information content (AvgIpc) is 2.97. The highest BCUT2D eigenvalue weighted by Crippen LogP contribution is 2.28. The van der Waals surface area contributed by atoms with Crippen molar-refractivity contribution in [3.8, 4) is 0 Å². The number of rotatable bonds is 9. The van der Waals surface area contributed by atoms with Gasteiger partial charge in [-0.25, -0.2) is 0 Å². The van der Waals surface area contributed by atoms with Crippen LogP contribution in [0.15, 0.2) is 48.1 Å². The summed E-state index contributed by atoms with van der Waals surface area (Å²) in [5.74, 6) is -1.02. The summed E-state index contributed by atoms with van der Waals surface area (Å²) in [5, 5.41) is 12.0. The molecule has 1 aliphatic heterocycles. The van der Waals surface area contributed by atoms with Crippen molar-refractivity contribution in [2.75, 3.05) is 13.1 Å². The quantitative estimate of drug-likeness (QED) is 0.226. The molecule has 8 heteroatoms. The van der Waals surface area contributed by atoms with Gasteiger partial charge >= 0.3 is 11.9 Å². The van der Waals surface area contributed by atoms with Gasteiger partial charge in [0.25, 0.3) is 0 Å². The van der Waals surface area contributed by atoms with Crippen molar-refractivity contribution in [2.24, 2.45) is 5.16 Å². The Bertz CT molecular complexity index is 693. The van der Waals surface area contributed by atoms with Crippen LogP contribution in [0.5, 0.6) is 0 Å². The van der Waals surface area contributed by atoms with E-state index in [1.54, 1.807) is 6.08 Å². The zero-order valence-corrected chi connectivity index (χ0v) is 16.1. The van der Waals surface area contributed by atoms with E-state index in [1.807, 2.05) is 35.2 Å². The van der Waals surface area contributed by atoms with E-state index in [4.69, 9.17) is 19.4 Å². The number of esters is 2. The first-order valence-corrected chi connectivity index (χ1v) is 8.98. The molecule has 0 spiro atoms. The van der Waals surface area contributed by atoms with Crippen LogP contribution in [0, 0.1) is 0 Å². The van der Waals surface area contributed by atoms with Gasteiger partial charge in [0.05, 0.1) is 18.9 Å². The molecule has 1 aliphatic rings. The van der Waals surface area contributed by atoms with Gasteiger partial charge in [-0.15, -0.1) is 6.58 Å². The third-order valence-electron chi connectivity index (χ3n) is 4.36. The fraction of sp³-hybridized carbons (Fsp3) is 0.450. The second-order valence-electron chi connectivity index (χ2n) is 6.48. The molecular weight excluding hydrogens is 364 g/mol. The third kappa shape index (κ3) is 5.90. The minimum Gasteiger partial charge on any atom is -0.458 e. The average molecular weight is 390 g/mol. The SMILES string of the molecule is C=CCN1C[C@@H](OCc2ccccc2)[C@@H](OC(C)=O)[C@H]1[C@H](/C=N/O)OC(C)=O. The van der Waals surface area contributed by atoms with Crippen LogP contribution in [-0.2, 0) is 30.4 Å². The Morgan fingerprint density at radius 2 is 2.04 bits per heavy atom. The van der Waals surface area contributed by atoms with Crippen LogP contribution in [0.1, 0.15) is 19.4 Å². The molecule has 152 valence electrons. The summed E-state index contributed by atoms with van der Waals surface area (Å²) in [5.41, 5.74) is 0.983. The number of hydrogen-bond acceptors (Lipinski definition) is 8. The van der Waals surface area contributed by atoms with E-state index in [-0.39, 0.29) is 0 Å². The second kappa shape index (κ2) is 10.6. The monoisotopic (exact) mass is 390 g/mol. The molecule has 1 N–H and O–H groups in total. The summed E-state index contributed by atoms with van der Waals surface area (Å²) in [4.78, 5) is 25.2. The van der Waals surface area contributed by atoms with E-state index >= 15 is 0 Å². The smallest absolute Gasteiger partial charge is 0.303 e. The van der Waals surface area contributed by atoms with Crippen LogP contribution in [0.3, 0.4) is 0 Å². The maximum Gasteiger partial charge on any atom is 0.303 e. The lowest BCUT2D eigenvalue weighted by Gasteiger charge is -2.31. The Morgan fingerprint density at radius 1 is 1.32 bits per heavy atom. The number of carbonyl (C=O) groups is 2. The number of ether oxygens (including phenoxy) is 3. The number of benzene rings is 1. The number of carbonyl (C=O) groups excluding carboxylic acids is 2. The number of oxime groups is 1. The molecule has 1 aromatic carbocycles. The second-order valence-corrected chi connectivity index (χ2v) is 6.48. The van der Waals surface area contributed by atoms with E-state index in [9.17, 15) is 9.59 Å². The summed E-state index contributed by atoms with van der Waals surface area (Å²) >= 11 is 0. The molecule has 4 atom stereocenters. The van der Waals surface area contributed by atoms with Gasteiger partial charge in [0.1, 0.15) is 12.2 Å². The van der Waals surface area contributed by atoms with Crippen molar-refractivity contribution in [3.05, 3.63) is 48.6 Å². The Hall–Kier alpha value is -2.71. The summed E-state index contributed by atoms with van der Waals surface area (Å²) in [6.07, 6.45) is 0.705. The largest absolute Gasteiger partial charge is 0.458 e. The molecule has 8 nitrogen and oxygen atoms in total. The molecule has 1 fully saturated rings. The Morgan fingerprint density at radius 3 is 2.61 bits per heavy atom. The highest BCUT2D eigenvalue weighted by atomic mass is 16.6. The van der Waals surface area contributed by atoms with Crippen LogP contribution in [-0.4, -0.2) is 65.7 Å². The first-order chi connectivity index (χ1) is 13.5. The molecule has 0 aliphatic carbocycles. The lowest BCUT2D eigenvalue weighted by molar-refractivity contribution is -0.158. The van der Waals surface area contributed by atoms with Crippen molar-refractivity contribution >= 4 is 18.2 Å². The van der Waals surface area contributed by atoms with Crippen LogP contribution < -0.4 is 0 Å². The minimum absolute atomic E-state index is 0.338. The summed E-state index contributed by atoms with van der Waals surface area (Å²) in [7, 11) is 0. The summed E-state index contributed by atoms with van der Waals surface area (Å²) < 4.78 is 16.9. The molecule has 2 rings (SSSR count). The van der Waals surface area contributed by atoms with E-state index in [0.717, 1.165) is 11.8 Å². The van der Waals surface area contributed by atoms with Crippen LogP contribution in [0.4, 0.5) is 0 Å². The first-order valence-electron chi connectivity index (χ1n) is 8.98. The summed E-state index contributed by atoms with van der Waals surface area (Å²) in [6.45, 7) is 7.53. The fourth-order valence-electron chi connectivity index (χ4n) is 3.35. The maximum atomic E-state index is 11.7. The number of hydrogen-bond donors (Lipinski definition) is 1. The zero-order chi connectivity index (χ0) is 20.5. The van der Waals surface area contributed by atoms with Gasteiger partial charge in [0.2, 0.25) is 0 Å². The summed E-state index contributed by atoms with van der Waals surface area (Å²) in [6, 6.07) is 9.04. The van der Waals surface area contributed by atoms with Crippen molar-refractivity contribution in [3.63, 3.8) is 0 Å². The van der Waals surface area contributed by atoms with Gasteiger partial charge in [0.15, 0.2) is 6.10 Å². The Kier molecular flexibility index (Phi) is 8.16. The maximum absolute atomic E-state index is 11.7. The van der Waals surface area contributed by atoms with E-state index in [1.165, 1.54) is 13.8 Å². The molecule has 0 unspecified atom stereocenters. The molecule has 1 saturated heterocycles. The van der Waals surface area contributed by atoms with Gasteiger partial charge in [-0.2, -0.15) is 0 Å².